The zero-order valence-corrected chi connectivity index (χ0v) is 13.7. The highest BCUT2D eigenvalue weighted by Crippen LogP contribution is 2.26. The van der Waals surface area contributed by atoms with Crippen molar-refractivity contribution in [1.29, 1.82) is 0 Å². The molecule has 0 spiro atoms. The first-order valence-corrected chi connectivity index (χ1v) is 7.49. The minimum Gasteiger partial charge on any atom is -0.496 e. The lowest BCUT2D eigenvalue weighted by molar-refractivity contribution is 0.410. The van der Waals surface area contributed by atoms with E-state index < -0.39 is 0 Å². The summed E-state index contributed by atoms with van der Waals surface area (Å²) < 4.78 is 6.53. The second kappa shape index (κ2) is 6.91. The molecule has 1 atom stereocenters. The molecule has 2 nitrogen and oxygen atoms in total. The summed E-state index contributed by atoms with van der Waals surface area (Å²) in [5.74, 6) is 0.942. The first-order valence-electron chi connectivity index (χ1n) is 6.70. The van der Waals surface area contributed by atoms with Gasteiger partial charge in [0.1, 0.15) is 5.75 Å². The van der Waals surface area contributed by atoms with Crippen molar-refractivity contribution in [2.45, 2.75) is 19.4 Å². The van der Waals surface area contributed by atoms with Crippen LogP contribution in [0.2, 0.25) is 0 Å². The van der Waals surface area contributed by atoms with E-state index in [0.29, 0.717) is 0 Å². The van der Waals surface area contributed by atoms with E-state index in [-0.39, 0.29) is 6.04 Å². The molecular weight excluding hydrogens is 314 g/mol. The van der Waals surface area contributed by atoms with Crippen LogP contribution < -0.4 is 10.1 Å². The quantitative estimate of drug-likeness (QED) is 0.882. The third-order valence-electron chi connectivity index (χ3n) is 3.51. The first-order chi connectivity index (χ1) is 9.63. The predicted molar refractivity (Wildman–Crippen MR) is 87.4 cm³/mol. The lowest BCUT2D eigenvalue weighted by Gasteiger charge is -2.18. The molecule has 0 radical (unpaired) electrons. The molecule has 0 heterocycles. The SMILES string of the molecule is CNC(Cc1cccc(Br)c1)c1ccc(C)c(OC)c1. The summed E-state index contributed by atoms with van der Waals surface area (Å²) in [6.45, 7) is 2.06. The predicted octanol–water partition coefficient (Wildman–Crippen LogP) is 4.27. The summed E-state index contributed by atoms with van der Waals surface area (Å²) >= 11 is 3.52. The van der Waals surface area contributed by atoms with Crippen molar-refractivity contribution < 1.29 is 4.74 Å². The zero-order valence-electron chi connectivity index (χ0n) is 12.1. The van der Waals surface area contributed by atoms with Crippen LogP contribution in [0.15, 0.2) is 46.9 Å². The minimum absolute atomic E-state index is 0.277. The van der Waals surface area contributed by atoms with Crippen LogP contribution >= 0.6 is 15.9 Å². The molecule has 0 saturated carbocycles. The van der Waals surface area contributed by atoms with Crippen molar-refractivity contribution >= 4 is 15.9 Å². The lowest BCUT2D eigenvalue weighted by Crippen LogP contribution is -2.19. The van der Waals surface area contributed by atoms with Crippen molar-refractivity contribution in [3.63, 3.8) is 0 Å². The summed E-state index contributed by atoms with van der Waals surface area (Å²) in [5.41, 5.74) is 3.71. The largest absolute Gasteiger partial charge is 0.496 e. The molecule has 1 N–H and O–H groups in total. The van der Waals surface area contributed by atoms with Gasteiger partial charge >= 0.3 is 0 Å². The van der Waals surface area contributed by atoms with E-state index in [9.17, 15) is 0 Å². The molecule has 0 aromatic heterocycles. The van der Waals surface area contributed by atoms with Gasteiger partial charge in [0.2, 0.25) is 0 Å². The Bertz CT molecular complexity index is 583. The van der Waals surface area contributed by atoms with Gasteiger partial charge in [-0.25, -0.2) is 0 Å². The number of hydrogen-bond donors (Lipinski definition) is 1. The summed E-state index contributed by atoms with van der Waals surface area (Å²) in [6.07, 6.45) is 0.947. The Balaban J connectivity index is 2.24. The third kappa shape index (κ3) is 3.62. The van der Waals surface area contributed by atoms with Crippen LogP contribution in [-0.4, -0.2) is 14.2 Å². The van der Waals surface area contributed by atoms with Crippen LogP contribution in [0.25, 0.3) is 0 Å². The van der Waals surface area contributed by atoms with Gasteiger partial charge in [-0.05, 0) is 55.3 Å². The highest BCUT2D eigenvalue weighted by Gasteiger charge is 2.12. The minimum atomic E-state index is 0.277. The van der Waals surface area contributed by atoms with Crippen LogP contribution in [-0.2, 0) is 6.42 Å². The third-order valence-corrected chi connectivity index (χ3v) is 4.01. The summed E-state index contributed by atoms with van der Waals surface area (Å²) in [6, 6.07) is 15.1. The second-order valence-corrected chi connectivity index (χ2v) is 5.82. The van der Waals surface area contributed by atoms with Crippen LogP contribution in [0.5, 0.6) is 5.75 Å². The maximum Gasteiger partial charge on any atom is 0.122 e. The Hall–Kier alpha value is -1.32. The van der Waals surface area contributed by atoms with Crippen LogP contribution in [0.4, 0.5) is 0 Å². The van der Waals surface area contributed by atoms with Gasteiger partial charge in [-0.3, -0.25) is 0 Å². The molecule has 2 aromatic rings. The zero-order chi connectivity index (χ0) is 14.5. The van der Waals surface area contributed by atoms with Crippen LogP contribution in [0.3, 0.4) is 0 Å². The molecule has 0 aliphatic rings. The van der Waals surface area contributed by atoms with Crippen molar-refractivity contribution in [2.75, 3.05) is 14.2 Å². The maximum absolute atomic E-state index is 5.41. The molecule has 0 amide bonds. The highest BCUT2D eigenvalue weighted by molar-refractivity contribution is 9.10. The molecular formula is C17H20BrNO. The molecule has 1 unspecified atom stereocenters. The van der Waals surface area contributed by atoms with E-state index in [4.69, 9.17) is 4.74 Å². The molecule has 106 valence electrons. The fourth-order valence-corrected chi connectivity index (χ4v) is 2.79. The number of nitrogens with one attached hydrogen (secondary N) is 1. The van der Waals surface area contributed by atoms with E-state index in [1.807, 2.05) is 13.1 Å². The van der Waals surface area contributed by atoms with Gasteiger partial charge in [0.25, 0.3) is 0 Å². The number of ether oxygens (including phenoxy) is 1. The van der Waals surface area contributed by atoms with E-state index in [1.54, 1.807) is 7.11 Å². The average Bonchev–Trinajstić information content (AvgIpc) is 2.45. The molecule has 0 saturated heterocycles. The number of rotatable bonds is 5. The number of halogens is 1. The highest BCUT2D eigenvalue weighted by atomic mass is 79.9. The fourth-order valence-electron chi connectivity index (χ4n) is 2.34. The summed E-state index contributed by atoms with van der Waals surface area (Å²) in [5, 5.41) is 3.39. The first kappa shape index (κ1) is 15.1. The van der Waals surface area contributed by atoms with Crippen molar-refractivity contribution in [3.05, 3.63) is 63.6 Å². The summed E-state index contributed by atoms with van der Waals surface area (Å²) in [7, 11) is 3.71. The Morgan fingerprint density at radius 3 is 2.65 bits per heavy atom. The van der Waals surface area contributed by atoms with E-state index in [0.717, 1.165) is 22.2 Å². The molecule has 20 heavy (non-hydrogen) atoms. The average molecular weight is 334 g/mol. The van der Waals surface area contributed by atoms with Gasteiger partial charge in [-0.2, -0.15) is 0 Å². The van der Waals surface area contributed by atoms with Gasteiger partial charge in [0.05, 0.1) is 7.11 Å². The van der Waals surface area contributed by atoms with E-state index in [1.165, 1.54) is 11.1 Å². The maximum atomic E-state index is 5.41. The summed E-state index contributed by atoms with van der Waals surface area (Å²) in [4.78, 5) is 0. The smallest absolute Gasteiger partial charge is 0.122 e. The van der Waals surface area contributed by atoms with Crippen LogP contribution in [0, 0.1) is 6.92 Å². The standard InChI is InChI=1S/C17H20BrNO/c1-12-7-8-14(11-17(12)20-3)16(19-2)10-13-5-4-6-15(18)9-13/h4-9,11,16,19H,10H2,1-3H3. The molecule has 0 fully saturated rings. The molecule has 0 bridgehead atoms. The van der Waals surface area contributed by atoms with Gasteiger partial charge in [0.15, 0.2) is 0 Å². The van der Waals surface area contributed by atoms with Gasteiger partial charge in [-0.1, -0.05) is 40.2 Å². The van der Waals surface area contributed by atoms with Gasteiger partial charge < -0.3 is 10.1 Å². The Labute approximate surface area is 129 Å². The van der Waals surface area contributed by atoms with E-state index in [2.05, 4.69) is 64.6 Å². The number of benzene rings is 2. The molecule has 3 heteroatoms. The van der Waals surface area contributed by atoms with Crippen molar-refractivity contribution in [3.8, 4) is 5.75 Å². The van der Waals surface area contributed by atoms with Gasteiger partial charge in [-0.15, -0.1) is 0 Å². The number of likely N-dealkylation sites (N-methyl/N-ethyl adjacent to an activating group) is 1. The fraction of sp³-hybridized carbons (Fsp3) is 0.294. The van der Waals surface area contributed by atoms with Gasteiger partial charge in [0, 0.05) is 10.5 Å². The molecule has 2 rings (SSSR count). The normalized spacial score (nSPS) is 12.2. The van der Waals surface area contributed by atoms with E-state index >= 15 is 0 Å². The Kier molecular flexibility index (Phi) is 5.21. The number of methoxy groups -OCH3 is 1. The van der Waals surface area contributed by atoms with Crippen molar-refractivity contribution in [2.24, 2.45) is 0 Å². The monoisotopic (exact) mass is 333 g/mol. The topological polar surface area (TPSA) is 21.3 Å². The number of aryl methyl sites for hydroxylation is 1. The number of hydrogen-bond acceptors (Lipinski definition) is 2. The molecule has 0 aliphatic carbocycles. The van der Waals surface area contributed by atoms with Crippen LogP contribution in [0.1, 0.15) is 22.7 Å². The lowest BCUT2D eigenvalue weighted by atomic mass is 9.98. The molecule has 2 aromatic carbocycles. The second-order valence-electron chi connectivity index (χ2n) is 4.90. The Morgan fingerprint density at radius 1 is 1.20 bits per heavy atom. The Morgan fingerprint density at radius 2 is 2.00 bits per heavy atom. The molecule has 0 aliphatic heterocycles. The van der Waals surface area contributed by atoms with Crippen molar-refractivity contribution in [1.82, 2.24) is 5.32 Å².